The largest absolute Gasteiger partial charge is 0.340 e. The molecule has 144 valence electrons. The lowest BCUT2D eigenvalue weighted by Gasteiger charge is -2.11. The highest BCUT2D eigenvalue weighted by Gasteiger charge is 2.09. The van der Waals surface area contributed by atoms with E-state index in [4.69, 9.17) is 0 Å². The zero-order valence-corrected chi connectivity index (χ0v) is 17.4. The Morgan fingerprint density at radius 1 is 0.966 bits per heavy atom. The minimum atomic E-state index is -0.0575. The Labute approximate surface area is 177 Å². The topological polar surface area (TPSA) is 66.9 Å². The molecule has 0 aliphatic carbocycles. The van der Waals surface area contributed by atoms with Crippen molar-refractivity contribution in [1.82, 2.24) is 9.97 Å². The smallest absolute Gasteiger partial charge is 0.228 e. The van der Waals surface area contributed by atoms with Gasteiger partial charge in [0.05, 0.1) is 11.9 Å². The van der Waals surface area contributed by atoms with Crippen molar-refractivity contribution in [2.75, 3.05) is 10.6 Å². The van der Waals surface area contributed by atoms with Crippen molar-refractivity contribution in [1.29, 1.82) is 0 Å². The summed E-state index contributed by atoms with van der Waals surface area (Å²) in [6.45, 7) is 2.01. The zero-order chi connectivity index (χ0) is 20.2. The Morgan fingerprint density at radius 3 is 2.52 bits per heavy atom. The second-order valence-corrected chi connectivity index (χ2v) is 7.65. The highest BCUT2D eigenvalue weighted by atomic mass is 79.9. The summed E-state index contributed by atoms with van der Waals surface area (Å²) < 4.78 is 1.01. The number of aryl methyl sites for hydroxylation is 1. The molecule has 4 aromatic rings. The van der Waals surface area contributed by atoms with E-state index in [9.17, 15) is 4.79 Å². The number of nitrogens with zero attached hydrogens (tertiary/aromatic N) is 2. The second kappa shape index (κ2) is 8.41. The molecule has 0 saturated carbocycles. The molecule has 0 spiro atoms. The molecule has 0 aliphatic rings. The van der Waals surface area contributed by atoms with Crippen molar-refractivity contribution >= 4 is 49.9 Å². The van der Waals surface area contributed by atoms with Crippen LogP contribution in [0.3, 0.4) is 0 Å². The number of rotatable bonds is 5. The molecule has 0 fully saturated rings. The van der Waals surface area contributed by atoms with Crippen LogP contribution in [0.4, 0.5) is 17.2 Å². The fourth-order valence-electron chi connectivity index (χ4n) is 3.09. The number of halogens is 1. The Kier molecular flexibility index (Phi) is 5.53. The lowest BCUT2D eigenvalue weighted by Crippen LogP contribution is -2.15. The summed E-state index contributed by atoms with van der Waals surface area (Å²) >= 11 is 3.44. The highest BCUT2D eigenvalue weighted by Crippen LogP contribution is 2.26. The summed E-state index contributed by atoms with van der Waals surface area (Å²) in [6, 6.07) is 21.4. The van der Waals surface area contributed by atoms with Gasteiger partial charge in [0.25, 0.3) is 0 Å². The molecular formula is C23H19BrN4O. The van der Waals surface area contributed by atoms with Crippen molar-refractivity contribution in [3.63, 3.8) is 0 Å². The van der Waals surface area contributed by atoms with E-state index in [-0.39, 0.29) is 5.91 Å². The van der Waals surface area contributed by atoms with Gasteiger partial charge in [-0.2, -0.15) is 0 Å². The van der Waals surface area contributed by atoms with Gasteiger partial charge in [0.2, 0.25) is 5.91 Å². The van der Waals surface area contributed by atoms with Gasteiger partial charge in [-0.25, -0.2) is 9.97 Å². The maximum absolute atomic E-state index is 12.5. The number of amides is 1. The molecule has 3 aromatic carbocycles. The standard InChI is InChI=1S/C23H19BrN4O/c1-15-4-2-3-5-16(15)12-22(29)27-19-10-11-21-20(13-19)23(26-14-25-21)28-18-8-6-17(24)7-9-18/h2-11,13-14H,12H2,1H3,(H,27,29)(H,25,26,28). The number of nitrogens with one attached hydrogen (secondary N) is 2. The summed E-state index contributed by atoms with van der Waals surface area (Å²) in [5.41, 5.74) is 4.56. The number of fused-ring (bicyclic) bond motifs is 1. The van der Waals surface area contributed by atoms with Gasteiger partial charge >= 0.3 is 0 Å². The number of carbonyl (C=O) groups is 1. The molecule has 1 heterocycles. The molecule has 4 rings (SSSR count). The summed E-state index contributed by atoms with van der Waals surface area (Å²) in [7, 11) is 0. The number of aromatic nitrogens is 2. The fourth-order valence-corrected chi connectivity index (χ4v) is 3.35. The van der Waals surface area contributed by atoms with E-state index in [0.29, 0.717) is 17.9 Å². The van der Waals surface area contributed by atoms with E-state index in [1.165, 1.54) is 6.33 Å². The second-order valence-electron chi connectivity index (χ2n) is 6.74. The molecule has 0 saturated heterocycles. The lowest BCUT2D eigenvalue weighted by atomic mass is 10.1. The first-order chi connectivity index (χ1) is 14.1. The van der Waals surface area contributed by atoms with Gasteiger partial charge in [0, 0.05) is 21.2 Å². The number of hydrogen-bond acceptors (Lipinski definition) is 4. The van der Waals surface area contributed by atoms with Crippen LogP contribution < -0.4 is 10.6 Å². The van der Waals surface area contributed by atoms with Crippen molar-refractivity contribution in [3.8, 4) is 0 Å². The molecule has 0 unspecified atom stereocenters. The van der Waals surface area contributed by atoms with Crippen LogP contribution >= 0.6 is 15.9 Å². The van der Waals surface area contributed by atoms with Crippen molar-refractivity contribution in [3.05, 3.63) is 88.7 Å². The molecule has 0 radical (unpaired) electrons. The average molecular weight is 447 g/mol. The third-order valence-electron chi connectivity index (χ3n) is 4.64. The molecule has 5 nitrogen and oxygen atoms in total. The highest BCUT2D eigenvalue weighted by molar-refractivity contribution is 9.10. The Morgan fingerprint density at radius 2 is 1.72 bits per heavy atom. The monoisotopic (exact) mass is 446 g/mol. The van der Waals surface area contributed by atoms with E-state index >= 15 is 0 Å². The normalized spacial score (nSPS) is 10.7. The first-order valence-electron chi connectivity index (χ1n) is 9.20. The van der Waals surface area contributed by atoms with Gasteiger partial charge in [-0.1, -0.05) is 40.2 Å². The van der Waals surface area contributed by atoms with Crippen LogP contribution in [0.25, 0.3) is 10.9 Å². The Hall–Kier alpha value is -3.25. The van der Waals surface area contributed by atoms with Crippen LogP contribution in [-0.2, 0) is 11.2 Å². The van der Waals surface area contributed by atoms with Gasteiger partial charge in [-0.3, -0.25) is 4.79 Å². The lowest BCUT2D eigenvalue weighted by molar-refractivity contribution is -0.115. The van der Waals surface area contributed by atoms with Crippen LogP contribution in [-0.4, -0.2) is 15.9 Å². The molecule has 1 aromatic heterocycles. The molecule has 0 bridgehead atoms. The van der Waals surface area contributed by atoms with E-state index in [1.54, 1.807) is 0 Å². The third kappa shape index (κ3) is 4.60. The van der Waals surface area contributed by atoms with E-state index in [2.05, 4.69) is 36.5 Å². The molecule has 0 aliphatic heterocycles. The maximum Gasteiger partial charge on any atom is 0.228 e. The predicted octanol–water partition coefficient (Wildman–Crippen LogP) is 5.63. The minimum Gasteiger partial charge on any atom is -0.340 e. The van der Waals surface area contributed by atoms with Gasteiger partial charge in [0.1, 0.15) is 12.1 Å². The van der Waals surface area contributed by atoms with Crippen molar-refractivity contribution < 1.29 is 4.79 Å². The van der Waals surface area contributed by atoms with Gasteiger partial charge < -0.3 is 10.6 Å². The van der Waals surface area contributed by atoms with Gasteiger partial charge in [0.15, 0.2) is 0 Å². The number of benzene rings is 3. The first kappa shape index (κ1) is 19.1. The van der Waals surface area contributed by atoms with Crippen molar-refractivity contribution in [2.45, 2.75) is 13.3 Å². The quantitative estimate of drug-likeness (QED) is 0.417. The summed E-state index contributed by atoms with van der Waals surface area (Å²) in [5.74, 6) is 0.630. The predicted molar refractivity (Wildman–Crippen MR) is 120 cm³/mol. The van der Waals surface area contributed by atoms with Crippen LogP contribution in [0.2, 0.25) is 0 Å². The van der Waals surface area contributed by atoms with E-state index in [0.717, 1.165) is 32.2 Å². The first-order valence-corrected chi connectivity index (χ1v) is 9.99. The van der Waals surface area contributed by atoms with E-state index < -0.39 is 0 Å². The molecule has 0 atom stereocenters. The zero-order valence-electron chi connectivity index (χ0n) is 15.8. The summed E-state index contributed by atoms with van der Waals surface area (Å²) in [6.07, 6.45) is 1.86. The van der Waals surface area contributed by atoms with Crippen LogP contribution in [0.1, 0.15) is 11.1 Å². The molecule has 29 heavy (non-hydrogen) atoms. The van der Waals surface area contributed by atoms with Crippen LogP contribution in [0.5, 0.6) is 0 Å². The summed E-state index contributed by atoms with van der Waals surface area (Å²) in [5, 5.41) is 7.13. The third-order valence-corrected chi connectivity index (χ3v) is 5.17. The molecule has 1 amide bonds. The average Bonchev–Trinajstić information content (AvgIpc) is 2.72. The number of anilines is 3. The SMILES string of the molecule is Cc1ccccc1CC(=O)Nc1ccc2ncnc(Nc3ccc(Br)cc3)c2c1. The fraction of sp³-hybridized carbons (Fsp3) is 0.0870. The Balaban J connectivity index is 1.57. The maximum atomic E-state index is 12.5. The molecule has 2 N–H and O–H groups in total. The van der Waals surface area contributed by atoms with Gasteiger partial charge in [-0.05, 0) is 60.5 Å². The molecule has 6 heteroatoms. The van der Waals surface area contributed by atoms with E-state index in [1.807, 2.05) is 73.7 Å². The number of carbonyl (C=O) groups excluding carboxylic acids is 1. The molecular weight excluding hydrogens is 428 g/mol. The number of hydrogen-bond donors (Lipinski definition) is 2. The summed E-state index contributed by atoms with van der Waals surface area (Å²) in [4.78, 5) is 21.2. The minimum absolute atomic E-state index is 0.0575. The Bertz CT molecular complexity index is 1180. The van der Waals surface area contributed by atoms with Crippen LogP contribution in [0, 0.1) is 6.92 Å². The van der Waals surface area contributed by atoms with Crippen molar-refractivity contribution in [2.24, 2.45) is 0 Å². The van der Waals surface area contributed by atoms with Gasteiger partial charge in [-0.15, -0.1) is 0 Å². The van der Waals surface area contributed by atoms with Crippen LogP contribution in [0.15, 0.2) is 77.5 Å².